The Bertz CT molecular complexity index is 59.8. The van der Waals surface area contributed by atoms with Gasteiger partial charge in [0.2, 0.25) is 0 Å². The minimum absolute atomic E-state index is 0.473. The van der Waals surface area contributed by atoms with E-state index in [2.05, 4.69) is 0 Å². The molecule has 3 nitrogen and oxygen atoms in total. The van der Waals surface area contributed by atoms with Crippen LogP contribution >= 0.6 is 11.6 Å². The van der Waals surface area contributed by atoms with E-state index in [1.807, 2.05) is 0 Å². The van der Waals surface area contributed by atoms with Gasteiger partial charge in [-0.15, -0.1) is 11.6 Å². The molecule has 0 saturated carbocycles. The third kappa shape index (κ3) is 4.86. The Morgan fingerprint density at radius 3 is 2.22 bits per heavy atom. The van der Waals surface area contributed by atoms with Crippen LogP contribution < -0.4 is 0 Å². The Balaban J connectivity index is 3.09. The van der Waals surface area contributed by atoms with Crippen molar-refractivity contribution in [1.29, 1.82) is 0 Å². The summed E-state index contributed by atoms with van der Waals surface area (Å²) in [6.45, 7) is 0.484. The molecule has 0 N–H and O–H groups in total. The van der Waals surface area contributed by atoms with Gasteiger partial charge in [-0.25, -0.2) is 0 Å². The molecule has 0 amide bonds. The fourth-order valence-electron chi connectivity index (χ4n) is 0.323. The van der Waals surface area contributed by atoms with Gasteiger partial charge in [0.1, 0.15) is 0 Å². The standard InChI is InChI=1S/C4H10ClO3Si/c1-6-9(7-2)8-4-3-5/h3-4H2,1-2H3. The average molecular weight is 170 g/mol. The lowest BCUT2D eigenvalue weighted by Gasteiger charge is -2.06. The molecule has 9 heavy (non-hydrogen) atoms. The van der Waals surface area contributed by atoms with E-state index in [1.165, 1.54) is 0 Å². The van der Waals surface area contributed by atoms with Gasteiger partial charge >= 0.3 is 9.53 Å². The van der Waals surface area contributed by atoms with Gasteiger partial charge in [-0.3, -0.25) is 0 Å². The summed E-state index contributed by atoms with van der Waals surface area (Å²) in [5.74, 6) is 0.473. The molecule has 0 aromatic rings. The predicted molar refractivity (Wildman–Crippen MR) is 36.4 cm³/mol. The molecule has 0 aliphatic carbocycles. The van der Waals surface area contributed by atoms with Gasteiger partial charge in [0.05, 0.1) is 6.61 Å². The van der Waals surface area contributed by atoms with Crippen LogP contribution in [0.3, 0.4) is 0 Å². The minimum Gasteiger partial charge on any atom is -0.375 e. The molecule has 1 radical (unpaired) electrons. The van der Waals surface area contributed by atoms with Gasteiger partial charge in [-0.05, 0) is 0 Å². The maximum Gasteiger partial charge on any atom is 0.577 e. The number of alkyl halides is 1. The van der Waals surface area contributed by atoms with Crippen LogP contribution in [0.1, 0.15) is 0 Å². The quantitative estimate of drug-likeness (QED) is 0.444. The van der Waals surface area contributed by atoms with Crippen molar-refractivity contribution in [2.45, 2.75) is 0 Å². The Hall–Kier alpha value is 0.387. The molecule has 0 unspecified atom stereocenters. The summed E-state index contributed by atoms with van der Waals surface area (Å²) in [5.41, 5.74) is 0. The van der Waals surface area contributed by atoms with E-state index in [-0.39, 0.29) is 0 Å². The predicted octanol–water partition coefficient (Wildman–Crippen LogP) is 0.519. The summed E-state index contributed by atoms with van der Waals surface area (Å²) >= 11 is 5.34. The van der Waals surface area contributed by atoms with E-state index >= 15 is 0 Å². The lowest BCUT2D eigenvalue weighted by atomic mass is 10.9. The third-order valence-corrected chi connectivity index (χ3v) is 1.89. The molecule has 0 atom stereocenters. The van der Waals surface area contributed by atoms with E-state index < -0.39 is 9.53 Å². The molecule has 0 aromatic carbocycles. The highest BCUT2D eigenvalue weighted by Crippen LogP contribution is 1.87. The second-order valence-electron chi connectivity index (χ2n) is 1.20. The van der Waals surface area contributed by atoms with Crippen LogP contribution in [0.5, 0.6) is 0 Å². The van der Waals surface area contributed by atoms with Crippen molar-refractivity contribution in [3.05, 3.63) is 0 Å². The van der Waals surface area contributed by atoms with E-state index in [4.69, 9.17) is 24.9 Å². The molecule has 0 bridgehead atoms. The van der Waals surface area contributed by atoms with Crippen LogP contribution in [-0.4, -0.2) is 36.2 Å². The van der Waals surface area contributed by atoms with E-state index in [1.54, 1.807) is 14.2 Å². The summed E-state index contributed by atoms with van der Waals surface area (Å²) < 4.78 is 14.6. The van der Waals surface area contributed by atoms with Crippen LogP contribution in [-0.2, 0) is 13.3 Å². The van der Waals surface area contributed by atoms with Gasteiger partial charge < -0.3 is 13.3 Å². The average Bonchev–Trinajstić information content (AvgIpc) is 1.91. The summed E-state index contributed by atoms with van der Waals surface area (Å²) in [6, 6.07) is 0. The highest BCUT2D eigenvalue weighted by molar-refractivity contribution is 6.36. The number of hydrogen-bond donors (Lipinski definition) is 0. The first kappa shape index (κ1) is 9.39. The lowest BCUT2D eigenvalue weighted by Crippen LogP contribution is -2.24. The van der Waals surface area contributed by atoms with Gasteiger partial charge in [0, 0.05) is 20.1 Å². The second kappa shape index (κ2) is 6.51. The smallest absolute Gasteiger partial charge is 0.375 e. The Kier molecular flexibility index (Phi) is 6.79. The molecule has 55 valence electrons. The molecule has 0 spiro atoms. The molecule has 0 fully saturated rings. The van der Waals surface area contributed by atoms with E-state index in [9.17, 15) is 0 Å². The maximum absolute atomic E-state index is 5.34. The maximum atomic E-state index is 5.34. The molecule has 5 heteroatoms. The van der Waals surface area contributed by atoms with E-state index in [0.29, 0.717) is 12.5 Å². The van der Waals surface area contributed by atoms with Gasteiger partial charge in [0.15, 0.2) is 0 Å². The van der Waals surface area contributed by atoms with E-state index in [0.717, 1.165) is 0 Å². The minimum atomic E-state index is -1.47. The third-order valence-electron chi connectivity index (χ3n) is 0.630. The molecule has 0 heterocycles. The fourth-order valence-corrected chi connectivity index (χ4v) is 1.20. The van der Waals surface area contributed by atoms with Crippen molar-refractivity contribution >= 4 is 21.1 Å². The first-order valence-electron chi connectivity index (χ1n) is 2.48. The van der Waals surface area contributed by atoms with Crippen LogP contribution in [0, 0.1) is 0 Å². The molecular weight excluding hydrogens is 160 g/mol. The molecule has 0 aromatic heterocycles. The normalized spacial score (nSPS) is 10.7. The van der Waals surface area contributed by atoms with Crippen molar-refractivity contribution in [1.82, 2.24) is 0 Å². The van der Waals surface area contributed by atoms with Gasteiger partial charge in [-0.2, -0.15) is 0 Å². The lowest BCUT2D eigenvalue weighted by molar-refractivity contribution is 0.143. The largest absolute Gasteiger partial charge is 0.577 e. The zero-order chi connectivity index (χ0) is 7.11. The van der Waals surface area contributed by atoms with Crippen molar-refractivity contribution < 1.29 is 13.3 Å². The zero-order valence-electron chi connectivity index (χ0n) is 5.52. The van der Waals surface area contributed by atoms with Crippen LogP contribution in [0.25, 0.3) is 0 Å². The Labute approximate surface area is 61.8 Å². The molecule has 0 aliphatic heterocycles. The summed E-state index contributed by atoms with van der Waals surface area (Å²) in [5, 5.41) is 0. The molecular formula is C4H10ClO3Si. The van der Waals surface area contributed by atoms with Gasteiger partial charge in [-0.1, -0.05) is 0 Å². The number of halogens is 1. The molecule has 0 aliphatic rings. The van der Waals surface area contributed by atoms with Crippen molar-refractivity contribution in [3.8, 4) is 0 Å². The first-order chi connectivity index (χ1) is 4.35. The fraction of sp³-hybridized carbons (Fsp3) is 1.00. The number of rotatable bonds is 5. The van der Waals surface area contributed by atoms with Crippen molar-refractivity contribution in [2.75, 3.05) is 26.7 Å². The van der Waals surface area contributed by atoms with Crippen LogP contribution in [0.2, 0.25) is 0 Å². The van der Waals surface area contributed by atoms with Crippen LogP contribution in [0.4, 0.5) is 0 Å². The molecule has 0 rings (SSSR count). The van der Waals surface area contributed by atoms with Crippen LogP contribution in [0.15, 0.2) is 0 Å². The monoisotopic (exact) mass is 169 g/mol. The zero-order valence-corrected chi connectivity index (χ0v) is 7.27. The summed E-state index contributed by atoms with van der Waals surface area (Å²) in [7, 11) is 1.62. The first-order valence-corrected chi connectivity index (χ1v) is 4.24. The Morgan fingerprint density at radius 2 is 1.89 bits per heavy atom. The summed E-state index contributed by atoms with van der Waals surface area (Å²) in [4.78, 5) is 0. The second-order valence-corrected chi connectivity index (χ2v) is 3.18. The topological polar surface area (TPSA) is 27.7 Å². The number of hydrogen-bond acceptors (Lipinski definition) is 3. The van der Waals surface area contributed by atoms with Gasteiger partial charge in [0.25, 0.3) is 0 Å². The Morgan fingerprint density at radius 1 is 1.33 bits per heavy atom. The highest BCUT2D eigenvalue weighted by Gasteiger charge is 2.13. The van der Waals surface area contributed by atoms with Crippen molar-refractivity contribution in [2.24, 2.45) is 0 Å². The summed E-state index contributed by atoms with van der Waals surface area (Å²) in [6.07, 6.45) is 0. The molecule has 0 saturated heterocycles. The van der Waals surface area contributed by atoms with Crippen molar-refractivity contribution in [3.63, 3.8) is 0 Å². The SMILES string of the molecule is CO[Si](OC)OCCCl. The highest BCUT2D eigenvalue weighted by atomic mass is 35.5.